The molecule has 0 aliphatic heterocycles. The van der Waals surface area contributed by atoms with Crippen molar-refractivity contribution < 1.29 is 24.0 Å². The van der Waals surface area contributed by atoms with Crippen LogP contribution in [0.25, 0.3) is 0 Å². The Morgan fingerprint density at radius 2 is 1.65 bits per heavy atom. The number of carbonyl (C=O) groups excluding carboxylic acids is 3. The Hall–Kier alpha value is -3.55. The van der Waals surface area contributed by atoms with Crippen LogP contribution in [-0.2, 0) is 14.4 Å². The van der Waals surface area contributed by atoms with Crippen molar-refractivity contribution in [1.29, 1.82) is 0 Å². The highest BCUT2D eigenvalue weighted by molar-refractivity contribution is 6.05. The first-order chi connectivity index (χ1) is 17.4. The lowest BCUT2D eigenvalue weighted by atomic mass is 9.90. The van der Waals surface area contributed by atoms with Crippen LogP contribution in [0, 0.1) is 12.3 Å². The zero-order valence-electron chi connectivity index (χ0n) is 24.0. The summed E-state index contributed by atoms with van der Waals surface area (Å²) < 4.78 is 4.50. The third-order valence-electron chi connectivity index (χ3n) is 5.13. The first kappa shape index (κ1) is 33.4. The molecule has 37 heavy (non-hydrogen) atoms. The lowest BCUT2D eigenvalue weighted by molar-refractivity contribution is -0.115. The predicted molar refractivity (Wildman–Crippen MR) is 149 cm³/mol. The minimum atomic E-state index is -0.451. The average Bonchev–Trinajstić information content (AvgIpc) is 2.88. The summed E-state index contributed by atoms with van der Waals surface area (Å²) in [5, 5.41) is 6.88. The summed E-state index contributed by atoms with van der Waals surface area (Å²) in [5.41, 5.74) is 3.36. The molecule has 0 fully saturated rings. The molecule has 0 saturated heterocycles. The van der Waals surface area contributed by atoms with E-state index in [1.807, 2.05) is 52.0 Å². The molecule has 0 aliphatic carbocycles. The topological polar surface area (TPSA) is 107 Å². The third-order valence-corrected chi connectivity index (χ3v) is 5.13. The molecule has 0 bridgehead atoms. The van der Waals surface area contributed by atoms with Crippen LogP contribution in [0.1, 0.15) is 94.6 Å². The van der Waals surface area contributed by atoms with Crippen LogP contribution in [-0.4, -0.2) is 41.6 Å². The van der Waals surface area contributed by atoms with Crippen molar-refractivity contribution in [2.24, 2.45) is 10.6 Å². The molecule has 0 aliphatic rings. The summed E-state index contributed by atoms with van der Waals surface area (Å²) in [5.74, 6) is -0.582. The predicted octanol–water partition coefficient (Wildman–Crippen LogP) is 6.64. The van der Waals surface area contributed by atoms with Crippen LogP contribution in [0.3, 0.4) is 0 Å². The fourth-order valence-corrected chi connectivity index (χ4v) is 2.41. The number of carbonyl (C=O) groups is 3. The normalized spacial score (nSPS) is 11.6. The Morgan fingerprint density at radius 1 is 1.05 bits per heavy atom. The maximum Gasteiger partial charge on any atom is 0.339 e. The molecule has 1 N–H and O–H groups in total. The highest BCUT2D eigenvalue weighted by atomic mass is 16.6. The summed E-state index contributed by atoms with van der Waals surface area (Å²) in [4.78, 5) is 43.4. The van der Waals surface area contributed by atoms with Crippen LogP contribution >= 0.6 is 0 Å². The van der Waals surface area contributed by atoms with E-state index < -0.39 is 5.97 Å². The Balaban J connectivity index is 0.000000702. The number of Topliss-reactive ketones (excluding diaryl/α,β-unsaturated/α-hetero) is 1. The highest BCUT2D eigenvalue weighted by Gasteiger charge is 2.21. The van der Waals surface area contributed by atoms with Crippen molar-refractivity contribution >= 4 is 29.1 Å². The number of aromatic nitrogens is 1. The molecule has 1 aromatic heterocycles. The number of pyridine rings is 1. The van der Waals surface area contributed by atoms with Crippen LogP contribution in [0.2, 0.25) is 0 Å². The summed E-state index contributed by atoms with van der Waals surface area (Å²) in [6.45, 7) is 17.8. The molecule has 8 nitrogen and oxygen atoms in total. The first-order valence-electron chi connectivity index (χ1n) is 12.5. The molecule has 1 unspecified atom stereocenters. The van der Waals surface area contributed by atoms with Gasteiger partial charge in [0.2, 0.25) is 5.91 Å². The van der Waals surface area contributed by atoms with Gasteiger partial charge in [-0.2, -0.15) is 0 Å². The van der Waals surface area contributed by atoms with Crippen molar-refractivity contribution in [2.45, 2.75) is 81.3 Å². The second kappa shape index (κ2) is 17.0. The molecule has 8 heteroatoms. The van der Waals surface area contributed by atoms with E-state index in [1.165, 1.54) is 25.4 Å². The van der Waals surface area contributed by atoms with Crippen molar-refractivity contribution in [1.82, 2.24) is 4.98 Å². The van der Waals surface area contributed by atoms with Gasteiger partial charge in [-0.3, -0.25) is 14.6 Å². The van der Waals surface area contributed by atoms with Crippen LogP contribution in [0.5, 0.6) is 0 Å². The zero-order valence-corrected chi connectivity index (χ0v) is 24.0. The van der Waals surface area contributed by atoms with Gasteiger partial charge in [-0.25, -0.2) is 4.79 Å². The second-order valence-electron chi connectivity index (χ2n) is 9.23. The monoisotopic (exact) mass is 513 g/mol. The zero-order chi connectivity index (χ0) is 28.6. The number of oxime groups is 1. The molecular formula is C29H43N3O5. The minimum Gasteiger partial charge on any atom is -0.465 e. The van der Waals surface area contributed by atoms with Gasteiger partial charge in [-0.15, -0.1) is 0 Å². The van der Waals surface area contributed by atoms with E-state index in [-0.39, 0.29) is 29.6 Å². The van der Waals surface area contributed by atoms with Gasteiger partial charge in [0.1, 0.15) is 11.8 Å². The van der Waals surface area contributed by atoms with Gasteiger partial charge in [0.25, 0.3) is 0 Å². The number of anilines is 1. The SMILES string of the molecule is C/C(CC(=O)Nc1ccc(C)cc1)=N\OC(C)C(C)(C)C.CC.CCC(=O)c1ccc(C(=O)OC)cn1. The maximum atomic E-state index is 11.9. The van der Waals surface area contributed by atoms with Crippen LogP contribution in [0.4, 0.5) is 5.69 Å². The molecule has 1 atom stereocenters. The van der Waals surface area contributed by atoms with Gasteiger partial charge in [-0.05, 0) is 45.0 Å². The number of ether oxygens (including phenoxy) is 1. The number of benzene rings is 1. The highest BCUT2D eigenvalue weighted by Crippen LogP contribution is 2.21. The lowest BCUT2D eigenvalue weighted by Gasteiger charge is -2.24. The molecule has 0 spiro atoms. The largest absolute Gasteiger partial charge is 0.465 e. The molecule has 0 saturated carbocycles. The van der Waals surface area contributed by atoms with Crippen LogP contribution < -0.4 is 5.32 Å². The number of nitrogens with zero attached hydrogens (tertiary/aromatic N) is 2. The Kier molecular flexibility index (Phi) is 15.4. The first-order valence-corrected chi connectivity index (χ1v) is 12.5. The van der Waals surface area contributed by atoms with E-state index in [0.29, 0.717) is 23.4 Å². The molecule has 204 valence electrons. The molecule has 0 radical (unpaired) electrons. The number of esters is 1. The van der Waals surface area contributed by atoms with Crippen molar-refractivity contribution in [3.63, 3.8) is 0 Å². The summed E-state index contributed by atoms with van der Waals surface area (Å²) >= 11 is 0. The Bertz CT molecular complexity index is 972. The van der Waals surface area contributed by atoms with E-state index in [9.17, 15) is 14.4 Å². The molecule has 2 rings (SSSR count). The van der Waals surface area contributed by atoms with Gasteiger partial charge in [0.15, 0.2) is 5.78 Å². The fraction of sp³-hybridized carbons (Fsp3) is 0.483. The molecular weight excluding hydrogens is 470 g/mol. The summed E-state index contributed by atoms with van der Waals surface area (Å²) in [6.07, 6.45) is 1.97. The standard InChI is InChI=1S/C17H26N2O2.C10H11NO3.C2H6/c1-12-7-9-15(10-8-12)18-16(20)11-13(2)19-21-14(3)17(4,5)6;1-3-9(12)8-5-4-7(6-11-8)10(13)14-2;1-2/h7-10,14H,11H2,1-6H3,(H,18,20);4-6H,3H2,1-2H3;1-2H3/b19-13+;;. The molecule has 2 aromatic rings. The van der Waals surface area contributed by atoms with E-state index in [4.69, 9.17) is 4.84 Å². The summed E-state index contributed by atoms with van der Waals surface area (Å²) in [6, 6.07) is 10.8. The number of amides is 1. The smallest absolute Gasteiger partial charge is 0.339 e. The van der Waals surface area contributed by atoms with Crippen LogP contribution in [0.15, 0.2) is 47.8 Å². The molecule has 1 heterocycles. The van der Waals surface area contributed by atoms with Gasteiger partial charge in [0.05, 0.1) is 24.8 Å². The Morgan fingerprint density at radius 3 is 2.11 bits per heavy atom. The van der Waals surface area contributed by atoms with E-state index >= 15 is 0 Å². The third kappa shape index (κ3) is 13.4. The Labute approximate surface area is 221 Å². The number of hydrogen-bond donors (Lipinski definition) is 1. The van der Waals surface area contributed by atoms with Gasteiger partial charge in [0, 0.05) is 23.7 Å². The van der Waals surface area contributed by atoms with E-state index in [1.54, 1.807) is 13.8 Å². The van der Waals surface area contributed by atoms with Crippen molar-refractivity contribution in [2.75, 3.05) is 12.4 Å². The van der Waals surface area contributed by atoms with Gasteiger partial charge >= 0.3 is 5.97 Å². The fourth-order valence-electron chi connectivity index (χ4n) is 2.41. The minimum absolute atomic E-state index is 0.00684. The number of aryl methyl sites for hydroxylation is 1. The van der Waals surface area contributed by atoms with Gasteiger partial charge < -0.3 is 14.9 Å². The molecule has 1 amide bonds. The lowest BCUT2D eigenvalue weighted by Crippen LogP contribution is -2.25. The average molecular weight is 514 g/mol. The van der Waals surface area contributed by atoms with E-state index in [0.717, 1.165) is 11.3 Å². The number of methoxy groups -OCH3 is 1. The number of nitrogens with one attached hydrogen (secondary N) is 1. The maximum absolute atomic E-state index is 11.9. The second-order valence-corrected chi connectivity index (χ2v) is 9.23. The number of rotatable bonds is 8. The van der Waals surface area contributed by atoms with Crippen molar-refractivity contribution in [3.05, 3.63) is 59.4 Å². The molecule has 1 aromatic carbocycles. The van der Waals surface area contributed by atoms with Crippen molar-refractivity contribution in [3.8, 4) is 0 Å². The van der Waals surface area contributed by atoms with E-state index in [2.05, 4.69) is 41.0 Å². The quantitative estimate of drug-likeness (QED) is 0.184. The van der Waals surface area contributed by atoms with Gasteiger partial charge in [-0.1, -0.05) is 64.4 Å². The number of hydrogen-bond acceptors (Lipinski definition) is 7. The summed E-state index contributed by atoms with van der Waals surface area (Å²) in [7, 11) is 1.30. The number of ketones is 1.